The van der Waals surface area contributed by atoms with Crippen molar-refractivity contribution < 1.29 is 4.79 Å². The van der Waals surface area contributed by atoms with Crippen molar-refractivity contribution in [3.05, 3.63) is 84.4 Å². The van der Waals surface area contributed by atoms with Gasteiger partial charge in [-0.1, -0.05) is 67.6 Å². The Kier molecular flexibility index (Phi) is 4.10. The molecular formula is C18H17N3O. The van der Waals surface area contributed by atoms with Gasteiger partial charge in [0.1, 0.15) is 18.7 Å². The van der Waals surface area contributed by atoms with Gasteiger partial charge in [-0.05, 0) is 5.56 Å². The molecule has 4 heteroatoms. The van der Waals surface area contributed by atoms with E-state index in [1.54, 1.807) is 11.0 Å². The molecular weight excluding hydrogens is 274 g/mol. The van der Waals surface area contributed by atoms with E-state index in [1.165, 1.54) is 6.33 Å². The van der Waals surface area contributed by atoms with Crippen LogP contribution in [0.1, 0.15) is 34.8 Å². The van der Waals surface area contributed by atoms with E-state index in [0.29, 0.717) is 5.56 Å². The van der Waals surface area contributed by atoms with Gasteiger partial charge in [-0.3, -0.25) is 4.79 Å². The first-order valence-electron chi connectivity index (χ1n) is 7.25. The monoisotopic (exact) mass is 291 g/mol. The van der Waals surface area contributed by atoms with Gasteiger partial charge in [0.05, 0.1) is 0 Å². The molecule has 0 saturated heterocycles. The van der Waals surface area contributed by atoms with Crippen LogP contribution in [0.2, 0.25) is 0 Å². The second-order valence-corrected chi connectivity index (χ2v) is 5.25. The Bertz CT molecular complexity index is 724. The zero-order valence-corrected chi connectivity index (χ0v) is 12.3. The summed E-state index contributed by atoms with van der Waals surface area (Å²) in [6, 6.07) is 18.9. The Labute approximate surface area is 129 Å². The average Bonchev–Trinajstić information content (AvgIpc) is 3.10. The highest BCUT2D eigenvalue weighted by Gasteiger charge is 2.29. The van der Waals surface area contributed by atoms with Crippen molar-refractivity contribution in [1.82, 2.24) is 14.8 Å². The third-order valence-electron chi connectivity index (χ3n) is 3.85. The number of ketones is 1. The predicted octanol–water partition coefficient (Wildman–Crippen LogP) is 3.51. The number of Topliss-reactive ketones (excluding diaryl/α,β-unsaturated/α-hetero) is 1. The standard InChI is InChI=1S/C18H17N3O/c1-14(15-8-4-2-5-9-15)17(21-13-19-12-20-21)18(22)16-10-6-3-7-11-16/h2-14,17H,1H3. The minimum atomic E-state index is -0.410. The van der Waals surface area contributed by atoms with E-state index in [9.17, 15) is 4.79 Å². The fourth-order valence-corrected chi connectivity index (χ4v) is 2.65. The van der Waals surface area contributed by atoms with Crippen molar-refractivity contribution in [2.45, 2.75) is 18.9 Å². The zero-order valence-electron chi connectivity index (χ0n) is 12.3. The summed E-state index contributed by atoms with van der Waals surface area (Å²) in [5, 5.41) is 4.19. The van der Waals surface area contributed by atoms with Crippen LogP contribution < -0.4 is 0 Å². The highest BCUT2D eigenvalue weighted by molar-refractivity contribution is 5.99. The van der Waals surface area contributed by atoms with Gasteiger partial charge in [-0.25, -0.2) is 9.67 Å². The Morgan fingerprint density at radius 1 is 1.00 bits per heavy atom. The summed E-state index contributed by atoms with van der Waals surface area (Å²) in [6.45, 7) is 2.04. The minimum Gasteiger partial charge on any atom is -0.292 e. The van der Waals surface area contributed by atoms with E-state index in [2.05, 4.69) is 10.1 Å². The maximum absolute atomic E-state index is 13.0. The number of hydrogen-bond donors (Lipinski definition) is 0. The molecule has 0 bridgehead atoms. The van der Waals surface area contributed by atoms with Crippen molar-refractivity contribution in [2.75, 3.05) is 0 Å². The van der Waals surface area contributed by atoms with Crippen LogP contribution in [-0.2, 0) is 0 Å². The summed E-state index contributed by atoms with van der Waals surface area (Å²) in [7, 11) is 0. The number of carbonyl (C=O) groups is 1. The third kappa shape index (κ3) is 2.81. The molecule has 0 N–H and O–H groups in total. The molecule has 1 aromatic heterocycles. The summed E-state index contributed by atoms with van der Waals surface area (Å²) in [5.74, 6) is 0.0399. The molecule has 2 unspecified atom stereocenters. The fraction of sp³-hybridized carbons (Fsp3) is 0.167. The lowest BCUT2D eigenvalue weighted by Crippen LogP contribution is -2.25. The highest BCUT2D eigenvalue weighted by atomic mass is 16.1. The van der Waals surface area contributed by atoms with E-state index < -0.39 is 6.04 Å². The van der Waals surface area contributed by atoms with E-state index in [4.69, 9.17) is 0 Å². The molecule has 0 aliphatic heterocycles. The van der Waals surface area contributed by atoms with Crippen LogP contribution in [0.5, 0.6) is 0 Å². The SMILES string of the molecule is CC(c1ccccc1)C(C(=O)c1ccccc1)n1cncn1. The number of nitrogens with zero attached hydrogens (tertiary/aromatic N) is 3. The first-order chi connectivity index (χ1) is 10.8. The minimum absolute atomic E-state index is 0.00407. The molecule has 4 nitrogen and oxygen atoms in total. The van der Waals surface area contributed by atoms with Crippen molar-refractivity contribution >= 4 is 5.78 Å². The molecule has 2 atom stereocenters. The van der Waals surface area contributed by atoms with Gasteiger partial charge in [-0.15, -0.1) is 0 Å². The van der Waals surface area contributed by atoms with Gasteiger partial charge in [0.15, 0.2) is 5.78 Å². The summed E-state index contributed by atoms with van der Waals surface area (Å²) >= 11 is 0. The molecule has 22 heavy (non-hydrogen) atoms. The van der Waals surface area contributed by atoms with Crippen LogP contribution in [0.25, 0.3) is 0 Å². The molecule has 0 radical (unpaired) electrons. The van der Waals surface area contributed by atoms with Crippen LogP contribution in [0, 0.1) is 0 Å². The zero-order chi connectivity index (χ0) is 15.4. The molecule has 0 aliphatic rings. The van der Waals surface area contributed by atoms with Crippen LogP contribution in [0.15, 0.2) is 73.3 Å². The van der Waals surface area contributed by atoms with Crippen molar-refractivity contribution in [3.8, 4) is 0 Å². The number of carbonyl (C=O) groups excluding carboxylic acids is 1. The van der Waals surface area contributed by atoms with Gasteiger partial charge in [0, 0.05) is 11.5 Å². The molecule has 0 spiro atoms. The lowest BCUT2D eigenvalue weighted by molar-refractivity contribution is 0.0901. The molecule has 3 rings (SSSR count). The van der Waals surface area contributed by atoms with E-state index in [0.717, 1.165) is 5.56 Å². The number of aromatic nitrogens is 3. The van der Waals surface area contributed by atoms with E-state index in [-0.39, 0.29) is 11.7 Å². The largest absolute Gasteiger partial charge is 0.292 e. The maximum Gasteiger partial charge on any atom is 0.188 e. The lowest BCUT2D eigenvalue weighted by Gasteiger charge is -2.23. The van der Waals surface area contributed by atoms with Crippen LogP contribution in [-0.4, -0.2) is 20.5 Å². The predicted molar refractivity (Wildman–Crippen MR) is 84.7 cm³/mol. The second-order valence-electron chi connectivity index (χ2n) is 5.25. The van der Waals surface area contributed by atoms with Gasteiger partial charge in [0.25, 0.3) is 0 Å². The number of rotatable bonds is 5. The lowest BCUT2D eigenvalue weighted by atomic mass is 9.88. The summed E-state index contributed by atoms with van der Waals surface area (Å²) in [4.78, 5) is 17.0. The van der Waals surface area contributed by atoms with E-state index >= 15 is 0 Å². The number of hydrogen-bond acceptors (Lipinski definition) is 3. The summed E-state index contributed by atoms with van der Waals surface area (Å²) in [6.07, 6.45) is 3.06. The first-order valence-corrected chi connectivity index (χ1v) is 7.25. The molecule has 3 aromatic rings. The summed E-state index contributed by atoms with van der Waals surface area (Å²) in [5.41, 5.74) is 1.79. The van der Waals surface area contributed by atoms with E-state index in [1.807, 2.05) is 67.6 Å². The highest BCUT2D eigenvalue weighted by Crippen LogP contribution is 2.30. The normalized spacial score (nSPS) is 13.5. The fourth-order valence-electron chi connectivity index (χ4n) is 2.65. The molecule has 1 heterocycles. The molecule has 0 amide bonds. The van der Waals surface area contributed by atoms with Crippen molar-refractivity contribution in [1.29, 1.82) is 0 Å². The molecule has 110 valence electrons. The first kappa shape index (κ1) is 14.2. The van der Waals surface area contributed by atoms with Gasteiger partial charge < -0.3 is 0 Å². The Hall–Kier alpha value is -2.75. The Morgan fingerprint density at radius 3 is 2.23 bits per heavy atom. The smallest absolute Gasteiger partial charge is 0.188 e. The van der Waals surface area contributed by atoms with Crippen molar-refractivity contribution in [2.24, 2.45) is 0 Å². The Morgan fingerprint density at radius 2 is 1.64 bits per heavy atom. The van der Waals surface area contributed by atoms with Crippen LogP contribution >= 0.6 is 0 Å². The maximum atomic E-state index is 13.0. The molecule has 2 aromatic carbocycles. The quantitative estimate of drug-likeness (QED) is 0.676. The molecule has 0 fully saturated rings. The topological polar surface area (TPSA) is 47.8 Å². The summed E-state index contributed by atoms with van der Waals surface area (Å²) < 4.78 is 1.65. The second kappa shape index (κ2) is 6.35. The van der Waals surface area contributed by atoms with Crippen LogP contribution in [0.4, 0.5) is 0 Å². The number of benzene rings is 2. The Balaban J connectivity index is 2.00. The van der Waals surface area contributed by atoms with Crippen LogP contribution in [0.3, 0.4) is 0 Å². The average molecular weight is 291 g/mol. The van der Waals surface area contributed by atoms with Gasteiger partial charge >= 0.3 is 0 Å². The molecule has 0 saturated carbocycles. The molecule has 0 aliphatic carbocycles. The van der Waals surface area contributed by atoms with Gasteiger partial charge in [0.2, 0.25) is 0 Å². The van der Waals surface area contributed by atoms with Crippen molar-refractivity contribution in [3.63, 3.8) is 0 Å². The third-order valence-corrected chi connectivity index (χ3v) is 3.85. The van der Waals surface area contributed by atoms with Gasteiger partial charge in [-0.2, -0.15) is 5.10 Å².